The molecule has 0 bridgehead atoms. The maximum Gasteiger partial charge on any atom is 0.104 e. The molecule has 0 saturated heterocycles. The highest BCUT2D eigenvalue weighted by Crippen LogP contribution is 2.10. The maximum absolute atomic E-state index is 6.12. The van der Waals surface area contributed by atoms with Crippen LogP contribution in [0.5, 0.6) is 0 Å². The van der Waals surface area contributed by atoms with Crippen LogP contribution in [-0.4, -0.2) is 92.0 Å². The first-order chi connectivity index (χ1) is 20.9. The Morgan fingerprint density at radius 2 is 1.17 bits per heavy atom. The highest BCUT2D eigenvalue weighted by molar-refractivity contribution is 5.22. The van der Waals surface area contributed by atoms with Crippen LogP contribution in [0.1, 0.15) is 96.8 Å². The largest absolute Gasteiger partial charge is 0.379 e. The van der Waals surface area contributed by atoms with Gasteiger partial charge in [-0.3, -0.25) is 0 Å². The van der Waals surface area contributed by atoms with Crippen molar-refractivity contribution in [1.82, 2.24) is 0 Å². The molecule has 7 nitrogen and oxygen atoms in total. The molecule has 0 N–H and O–H groups in total. The Labute approximate surface area is 258 Å². The van der Waals surface area contributed by atoms with Gasteiger partial charge in [-0.1, -0.05) is 82.6 Å². The predicted molar refractivity (Wildman–Crippen MR) is 172 cm³/mol. The molecule has 1 atom stereocenters. The van der Waals surface area contributed by atoms with Crippen LogP contribution in [0.4, 0.5) is 0 Å². The summed E-state index contributed by atoms with van der Waals surface area (Å²) < 4.78 is 40.3. The molecule has 0 fully saturated rings. The lowest BCUT2D eigenvalue weighted by molar-refractivity contribution is -0.0701. The molecule has 7 heteroatoms. The van der Waals surface area contributed by atoms with E-state index < -0.39 is 0 Å². The minimum Gasteiger partial charge on any atom is -0.379 e. The number of hydrogen-bond acceptors (Lipinski definition) is 7. The van der Waals surface area contributed by atoms with Crippen molar-refractivity contribution >= 4 is 0 Å². The molecule has 1 aliphatic rings. The lowest BCUT2D eigenvalue weighted by Gasteiger charge is -2.18. The molecule has 0 aromatic carbocycles. The topological polar surface area (TPSA) is 64.6 Å². The lowest BCUT2D eigenvalue weighted by atomic mass is 10.1. The fourth-order valence-corrected chi connectivity index (χ4v) is 4.47. The van der Waals surface area contributed by atoms with Crippen LogP contribution >= 0.6 is 0 Å². The second-order valence-electron chi connectivity index (χ2n) is 10.9. The van der Waals surface area contributed by atoms with E-state index in [2.05, 4.69) is 31.7 Å². The van der Waals surface area contributed by atoms with Crippen molar-refractivity contribution in [2.24, 2.45) is 0 Å². The highest BCUT2D eigenvalue weighted by Gasteiger charge is 2.10. The molecule has 0 amide bonds. The molecule has 0 radical (unpaired) electrons. The zero-order valence-electron chi connectivity index (χ0n) is 27.0. The third-order valence-electron chi connectivity index (χ3n) is 6.98. The molecule has 1 rings (SSSR count). The minimum absolute atomic E-state index is 0.0249. The van der Waals surface area contributed by atoms with Crippen molar-refractivity contribution in [3.8, 4) is 0 Å². The number of ether oxygens (including phenoxy) is 7. The van der Waals surface area contributed by atoms with E-state index in [9.17, 15) is 0 Å². The van der Waals surface area contributed by atoms with E-state index in [1.165, 1.54) is 63.4 Å². The van der Waals surface area contributed by atoms with Gasteiger partial charge in [0.2, 0.25) is 0 Å². The third-order valence-corrected chi connectivity index (χ3v) is 6.98. The first-order valence-corrected chi connectivity index (χ1v) is 16.9. The number of unbranched alkanes of at least 4 members (excludes halogenated alkanes) is 10. The molecule has 0 spiro atoms. The zero-order chi connectivity index (χ0) is 30.0. The van der Waals surface area contributed by atoms with Crippen LogP contribution in [0.15, 0.2) is 36.5 Å². The van der Waals surface area contributed by atoms with Gasteiger partial charge >= 0.3 is 0 Å². The van der Waals surface area contributed by atoms with Gasteiger partial charge in [0, 0.05) is 13.2 Å². The average Bonchev–Trinajstić information content (AvgIpc) is 3.01. The molecule has 1 aliphatic carbocycles. The van der Waals surface area contributed by atoms with E-state index in [0.29, 0.717) is 72.7 Å². The van der Waals surface area contributed by atoms with Gasteiger partial charge in [-0.2, -0.15) is 0 Å². The van der Waals surface area contributed by atoms with Crippen molar-refractivity contribution in [1.29, 1.82) is 0 Å². The summed E-state index contributed by atoms with van der Waals surface area (Å²) >= 11 is 0. The molecule has 0 aromatic rings. The van der Waals surface area contributed by atoms with E-state index in [1.54, 1.807) is 0 Å². The Balaban J connectivity index is 1.97. The van der Waals surface area contributed by atoms with Gasteiger partial charge in [-0.25, -0.2) is 0 Å². The molecule has 42 heavy (non-hydrogen) atoms. The van der Waals surface area contributed by atoms with Gasteiger partial charge in [0.15, 0.2) is 0 Å². The quantitative estimate of drug-likeness (QED) is 0.0559. The zero-order valence-corrected chi connectivity index (χ0v) is 27.0. The van der Waals surface area contributed by atoms with Crippen LogP contribution in [-0.2, 0) is 33.2 Å². The van der Waals surface area contributed by atoms with Gasteiger partial charge in [0.1, 0.15) is 6.10 Å². The van der Waals surface area contributed by atoms with Crippen molar-refractivity contribution in [3.05, 3.63) is 36.5 Å². The number of hydrogen-bond donors (Lipinski definition) is 0. The van der Waals surface area contributed by atoms with Gasteiger partial charge in [-0.05, 0) is 44.1 Å². The smallest absolute Gasteiger partial charge is 0.104 e. The SMILES string of the molecule is C=CCCCCCCCOCC(COCCOCCOCCOCCOCC1=CCCC=C1)OCCCCCCCC. The van der Waals surface area contributed by atoms with Crippen molar-refractivity contribution in [2.75, 3.05) is 85.9 Å². The second-order valence-corrected chi connectivity index (χ2v) is 10.9. The molecular formula is C35H64O7. The Morgan fingerprint density at radius 3 is 1.79 bits per heavy atom. The van der Waals surface area contributed by atoms with Crippen molar-refractivity contribution in [3.63, 3.8) is 0 Å². The standard InChI is InChI=1S/C35H64O7/c1-3-5-7-9-11-12-17-21-39-32-35(42-22-18-13-10-8-6-4-2)33-41-30-28-38-26-24-36-23-25-37-27-29-40-31-34-19-15-14-16-20-34/h3,15,19-20,35H,1,4-14,16-18,21-33H2,2H3. The number of rotatable bonds is 34. The molecule has 0 heterocycles. The Hall–Kier alpha value is -1.06. The van der Waals surface area contributed by atoms with Gasteiger partial charge < -0.3 is 33.2 Å². The summed E-state index contributed by atoms with van der Waals surface area (Å²) in [5.74, 6) is 0. The fourth-order valence-electron chi connectivity index (χ4n) is 4.47. The maximum atomic E-state index is 6.12. The summed E-state index contributed by atoms with van der Waals surface area (Å²) in [7, 11) is 0. The Morgan fingerprint density at radius 1 is 0.619 bits per heavy atom. The summed E-state index contributed by atoms with van der Waals surface area (Å²) in [6.07, 6.45) is 25.6. The van der Waals surface area contributed by atoms with Crippen LogP contribution < -0.4 is 0 Å². The third kappa shape index (κ3) is 27.8. The minimum atomic E-state index is -0.0249. The van der Waals surface area contributed by atoms with Crippen LogP contribution in [0.25, 0.3) is 0 Å². The summed E-state index contributed by atoms with van der Waals surface area (Å²) in [4.78, 5) is 0. The van der Waals surface area contributed by atoms with E-state index >= 15 is 0 Å². The molecule has 0 aromatic heterocycles. The van der Waals surface area contributed by atoms with Crippen LogP contribution in [0.2, 0.25) is 0 Å². The molecule has 0 aliphatic heterocycles. The summed E-state index contributed by atoms with van der Waals surface area (Å²) in [6, 6.07) is 0. The van der Waals surface area contributed by atoms with Gasteiger partial charge in [0.25, 0.3) is 0 Å². The predicted octanol–water partition coefficient (Wildman–Crippen LogP) is 7.63. The first kappa shape index (κ1) is 39.0. The summed E-state index contributed by atoms with van der Waals surface area (Å²) in [5, 5.41) is 0. The van der Waals surface area contributed by atoms with Crippen LogP contribution in [0, 0.1) is 0 Å². The Bertz CT molecular complexity index is 622. The van der Waals surface area contributed by atoms with Gasteiger partial charge in [0.05, 0.1) is 72.7 Å². The molecule has 0 saturated carbocycles. The molecule has 1 unspecified atom stereocenters. The average molecular weight is 597 g/mol. The van der Waals surface area contributed by atoms with E-state index in [1.807, 2.05) is 6.08 Å². The Kier molecular flexibility index (Phi) is 30.5. The summed E-state index contributed by atoms with van der Waals surface area (Å²) in [5.41, 5.74) is 1.26. The van der Waals surface area contributed by atoms with E-state index in [4.69, 9.17) is 33.2 Å². The normalized spacial score (nSPS) is 13.9. The van der Waals surface area contributed by atoms with Crippen LogP contribution in [0.3, 0.4) is 0 Å². The first-order valence-electron chi connectivity index (χ1n) is 16.9. The summed E-state index contributed by atoms with van der Waals surface area (Å²) in [6.45, 7) is 13.9. The highest BCUT2D eigenvalue weighted by atomic mass is 16.6. The van der Waals surface area contributed by atoms with Gasteiger partial charge in [-0.15, -0.1) is 6.58 Å². The second kappa shape index (κ2) is 32.8. The van der Waals surface area contributed by atoms with E-state index in [0.717, 1.165) is 45.3 Å². The fraction of sp³-hybridized carbons (Fsp3) is 0.829. The lowest BCUT2D eigenvalue weighted by Crippen LogP contribution is -2.27. The molecule has 246 valence electrons. The van der Waals surface area contributed by atoms with Crippen molar-refractivity contribution in [2.45, 2.75) is 103 Å². The van der Waals surface area contributed by atoms with E-state index in [-0.39, 0.29) is 6.10 Å². The number of allylic oxidation sites excluding steroid dienone is 3. The van der Waals surface area contributed by atoms with Crippen molar-refractivity contribution < 1.29 is 33.2 Å². The monoisotopic (exact) mass is 596 g/mol. The molecular weight excluding hydrogens is 532 g/mol.